The molecule has 1 N–H and O–H groups in total. The van der Waals surface area contributed by atoms with Crippen LogP contribution in [0.25, 0.3) is 0 Å². The molecule has 0 aliphatic rings. The minimum atomic E-state index is -0.112. The molecule has 0 fully saturated rings. The van der Waals surface area contributed by atoms with Gasteiger partial charge in [-0.25, -0.2) is 0 Å². The van der Waals surface area contributed by atoms with Crippen molar-refractivity contribution >= 4 is 0 Å². The molecule has 0 radical (unpaired) electrons. The molecule has 0 heterocycles. The Balaban J connectivity index is 2.95. The highest BCUT2D eigenvalue weighted by molar-refractivity contribution is 5.29. The number of nitrogens with one attached hydrogen (secondary N) is 1. The summed E-state index contributed by atoms with van der Waals surface area (Å²) in [7, 11) is 3.53. The molecule has 0 aliphatic heterocycles. The molecule has 3 heteroatoms. The first-order chi connectivity index (χ1) is 9.65. The Morgan fingerprint density at radius 3 is 2.35 bits per heavy atom. The molecule has 0 bridgehead atoms. The summed E-state index contributed by atoms with van der Waals surface area (Å²) in [5.41, 5.74) is 1.16. The molecule has 114 valence electrons. The lowest BCUT2D eigenvalue weighted by Gasteiger charge is -2.39. The van der Waals surface area contributed by atoms with Gasteiger partial charge in [0.15, 0.2) is 0 Å². The minimum Gasteiger partial charge on any atom is -0.497 e. The van der Waals surface area contributed by atoms with Crippen molar-refractivity contribution in [3.05, 3.63) is 29.8 Å². The molecule has 0 saturated carbocycles. The van der Waals surface area contributed by atoms with Crippen LogP contribution in [0.4, 0.5) is 0 Å². The number of methoxy groups -OCH3 is 2. The van der Waals surface area contributed by atoms with Gasteiger partial charge in [-0.05, 0) is 43.5 Å². The van der Waals surface area contributed by atoms with Gasteiger partial charge in [-0.3, -0.25) is 0 Å². The maximum absolute atomic E-state index is 5.89. The fraction of sp³-hybridized carbons (Fsp3) is 0.647. The molecule has 0 aliphatic carbocycles. The third-order valence-corrected chi connectivity index (χ3v) is 4.26. The van der Waals surface area contributed by atoms with Crippen LogP contribution in [-0.2, 0) is 11.2 Å². The molecule has 0 aromatic heterocycles. The molecule has 1 aromatic rings. The van der Waals surface area contributed by atoms with Crippen LogP contribution in [0.1, 0.15) is 39.2 Å². The van der Waals surface area contributed by atoms with Crippen LogP contribution in [0, 0.1) is 0 Å². The fourth-order valence-electron chi connectivity index (χ4n) is 2.90. The lowest BCUT2D eigenvalue weighted by molar-refractivity contribution is -0.0468. The van der Waals surface area contributed by atoms with Crippen molar-refractivity contribution in [2.75, 3.05) is 20.8 Å². The second-order valence-corrected chi connectivity index (χ2v) is 5.14. The van der Waals surface area contributed by atoms with Gasteiger partial charge in [-0.15, -0.1) is 0 Å². The maximum Gasteiger partial charge on any atom is 0.119 e. The summed E-state index contributed by atoms with van der Waals surface area (Å²) in [6, 6.07) is 8.59. The van der Waals surface area contributed by atoms with Crippen molar-refractivity contribution in [1.29, 1.82) is 0 Å². The van der Waals surface area contributed by atoms with E-state index in [-0.39, 0.29) is 5.60 Å². The van der Waals surface area contributed by atoms with Crippen LogP contribution in [-0.4, -0.2) is 32.4 Å². The Morgan fingerprint density at radius 2 is 1.85 bits per heavy atom. The van der Waals surface area contributed by atoms with Gasteiger partial charge in [0.2, 0.25) is 0 Å². The zero-order valence-electron chi connectivity index (χ0n) is 13.5. The lowest BCUT2D eigenvalue weighted by Crippen LogP contribution is -2.52. The molecule has 0 spiro atoms. The van der Waals surface area contributed by atoms with Crippen LogP contribution >= 0.6 is 0 Å². The smallest absolute Gasteiger partial charge is 0.119 e. The third kappa shape index (κ3) is 3.97. The quantitative estimate of drug-likeness (QED) is 0.751. The molecule has 1 aromatic carbocycles. The van der Waals surface area contributed by atoms with Crippen LogP contribution in [0.2, 0.25) is 0 Å². The van der Waals surface area contributed by atoms with E-state index in [2.05, 4.69) is 38.2 Å². The normalized spacial score (nSPS) is 13.2. The Labute approximate surface area is 123 Å². The Kier molecular flexibility index (Phi) is 7.03. The van der Waals surface area contributed by atoms with E-state index in [1.807, 2.05) is 19.2 Å². The van der Waals surface area contributed by atoms with E-state index in [0.29, 0.717) is 6.04 Å². The summed E-state index contributed by atoms with van der Waals surface area (Å²) in [6.45, 7) is 7.48. The van der Waals surface area contributed by atoms with Gasteiger partial charge in [0, 0.05) is 13.2 Å². The van der Waals surface area contributed by atoms with Gasteiger partial charge < -0.3 is 14.8 Å². The molecular weight excluding hydrogens is 250 g/mol. The molecule has 3 nitrogen and oxygen atoms in total. The molecule has 0 amide bonds. The largest absolute Gasteiger partial charge is 0.497 e. The number of ether oxygens (including phenoxy) is 2. The van der Waals surface area contributed by atoms with Gasteiger partial charge in [0.25, 0.3) is 0 Å². The van der Waals surface area contributed by atoms with E-state index in [9.17, 15) is 0 Å². The summed E-state index contributed by atoms with van der Waals surface area (Å²) in [4.78, 5) is 0. The van der Waals surface area contributed by atoms with E-state index < -0.39 is 0 Å². The Morgan fingerprint density at radius 1 is 1.15 bits per heavy atom. The van der Waals surface area contributed by atoms with Crippen molar-refractivity contribution in [2.24, 2.45) is 0 Å². The third-order valence-electron chi connectivity index (χ3n) is 4.26. The van der Waals surface area contributed by atoms with E-state index in [1.165, 1.54) is 5.56 Å². The number of hydrogen-bond acceptors (Lipinski definition) is 3. The number of rotatable bonds is 9. The van der Waals surface area contributed by atoms with Gasteiger partial charge in [-0.2, -0.15) is 0 Å². The van der Waals surface area contributed by atoms with E-state index in [0.717, 1.165) is 31.6 Å². The summed E-state index contributed by atoms with van der Waals surface area (Å²) >= 11 is 0. The molecule has 1 rings (SSSR count). The predicted octanol–water partition coefficient (Wildman–Crippen LogP) is 3.42. The second kappa shape index (κ2) is 8.28. The first-order valence-corrected chi connectivity index (χ1v) is 7.57. The predicted molar refractivity (Wildman–Crippen MR) is 84.5 cm³/mol. The van der Waals surface area contributed by atoms with Crippen LogP contribution in [0.15, 0.2) is 24.3 Å². The molecule has 1 unspecified atom stereocenters. The van der Waals surface area contributed by atoms with Gasteiger partial charge in [0.1, 0.15) is 5.75 Å². The van der Waals surface area contributed by atoms with Crippen molar-refractivity contribution < 1.29 is 9.47 Å². The first kappa shape index (κ1) is 17.0. The summed E-state index contributed by atoms with van der Waals surface area (Å²) in [5.74, 6) is 0.911. The van der Waals surface area contributed by atoms with Crippen LogP contribution in [0.3, 0.4) is 0 Å². The molecular formula is C17H29NO2. The summed E-state index contributed by atoms with van der Waals surface area (Å²) < 4.78 is 11.2. The van der Waals surface area contributed by atoms with Gasteiger partial charge in [-0.1, -0.05) is 32.9 Å². The van der Waals surface area contributed by atoms with Crippen LogP contribution < -0.4 is 10.1 Å². The maximum atomic E-state index is 5.89. The summed E-state index contributed by atoms with van der Waals surface area (Å²) in [6.07, 6.45) is 2.95. The van der Waals surface area contributed by atoms with E-state index in [1.54, 1.807) is 7.11 Å². The Hall–Kier alpha value is -1.06. The zero-order valence-corrected chi connectivity index (χ0v) is 13.5. The van der Waals surface area contributed by atoms with Crippen molar-refractivity contribution in [2.45, 2.75) is 51.7 Å². The topological polar surface area (TPSA) is 30.5 Å². The second-order valence-electron chi connectivity index (χ2n) is 5.14. The highest BCUT2D eigenvalue weighted by Gasteiger charge is 2.35. The Bertz CT molecular complexity index is 380. The number of hydrogen-bond donors (Lipinski definition) is 1. The van der Waals surface area contributed by atoms with E-state index in [4.69, 9.17) is 9.47 Å². The SMILES string of the molecule is CCNC(Cc1cccc(OC)c1)C(CC)(CC)OC. The molecule has 1 atom stereocenters. The fourth-order valence-corrected chi connectivity index (χ4v) is 2.90. The lowest BCUT2D eigenvalue weighted by atomic mass is 9.84. The molecule has 20 heavy (non-hydrogen) atoms. The average Bonchev–Trinajstić information content (AvgIpc) is 2.50. The van der Waals surface area contributed by atoms with E-state index >= 15 is 0 Å². The van der Waals surface area contributed by atoms with Gasteiger partial charge in [0.05, 0.1) is 12.7 Å². The van der Waals surface area contributed by atoms with Crippen LogP contribution in [0.5, 0.6) is 5.75 Å². The first-order valence-electron chi connectivity index (χ1n) is 7.57. The van der Waals surface area contributed by atoms with Crippen molar-refractivity contribution in [3.63, 3.8) is 0 Å². The highest BCUT2D eigenvalue weighted by Crippen LogP contribution is 2.27. The molecule has 0 saturated heterocycles. The summed E-state index contributed by atoms with van der Waals surface area (Å²) in [5, 5.41) is 3.60. The monoisotopic (exact) mass is 279 g/mol. The van der Waals surface area contributed by atoms with Crippen molar-refractivity contribution in [1.82, 2.24) is 5.32 Å². The zero-order chi connectivity index (χ0) is 15.0. The highest BCUT2D eigenvalue weighted by atomic mass is 16.5. The minimum absolute atomic E-state index is 0.112. The van der Waals surface area contributed by atoms with Gasteiger partial charge >= 0.3 is 0 Å². The number of likely N-dealkylation sites (N-methyl/N-ethyl adjacent to an activating group) is 1. The average molecular weight is 279 g/mol. The van der Waals surface area contributed by atoms with Crippen molar-refractivity contribution in [3.8, 4) is 5.75 Å². The standard InChI is InChI=1S/C17H29NO2/c1-6-17(7-2,20-5)16(18-8-3)13-14-10-9-11-15(12-14)19-4/h9-12,16,18H,6-8,13H2,1-5H3. The number of benzene rings is 1.